The summed E-state index contributed by atoms with van der Waals surface area (Å²) in [6, 6.07) is 46.5. The molecule has 0 radical (unpaired) electrons. The summed E-state index contributed by atoms with van der Waals surface area (Å²) in [4.78, 5) is 19.4. The van der Waals surface area contributed by atoms with Gasteiger partial charge >= 0.3 is 0 Å². The fourth-order valence-electron chi connectivity index (χ4n) is 6.45. The van der Waals surface area contributed by atoms with Crippen molar-refractivity contribution in [3.8, 4) is 67.5 Å². The van der Waals surface area contributed by atoms with Crippen LogP contribution in [0.5, 0.6) is 0 Å². The monoisotopic (exact) mass is 578 g/mol. The summed E-state index contributed by atoms with van der Waals surface area (Å²) in [6.45, 7) is 4.64. The van der Waals surface area contributed by atoms with Gasteiger partial charge in [0.15, 0.2) is 17.5 Å². The third-order valence-electron chi connectivity index (χ3n) is 8.80. The summed E-state index contributed by atoms with van der Waals surface area (Å²) in [5.41, 5.74) is 12.4. The van der Waals surface area contributed by atoms with Crippen LogP contribution in [0.1, 0.15) is 25.0 Å². The molecule has 0 spiro atoms. The summed E-state index contributed by atoms with van der Waals surface area (Å²) in [7, 11) is 0. The summed E-state index contributed by atoms with van der Waals surface area (Å²) in [6.07, 6.45) is 3.71. The zero-order chi connectivity index (χ0) is 30.4. The molecule has 0 bridgehead atoms. The van der Waals surface area contributed by atoms with Crippen LogP contribution in [0.4, 0.5) is 0 Å². The van der Waals surface area contributed by atoms with Gasteiger partial charge in [-0.2, -0.15) is 0 Å². The van der Waals surface area contributed by atoms with Crippen molar-refractivity contribution in [2.75, 3.05) is 0 Å². The first kappa shape index (κ1) is 26.9. The molecule has 2 heterocycles. The molecule has 0 aliphatic heterocycles. The van der Waals surface area contributed by atoms with Gasteiger partial charge in [0, 0.05) is 40.1 Å². The molecule has 214 valence electrons. The van der Waals surface area contributed by atoms with Gasteiger partial charge in [-0.05, 0) is 69.3 Å². The molecule has 2 aromatic heterocycles. The van der Waals surface area contributed by atoms with E-state index in [4.69, 9.17) is 15.0 Å². The van der Waals surface area contributed by atoms with E-state index in [2.05, 4.69) is 85.6 Å². The number of rotatable bonds is 5. The quantitative estimate of drug-likeness (QED) is 0.204. The van der Waals surface area contributed by atoms with E-state index in [1.54, 1.807) is 6.20 Å². The molecular formula is C41H30N4. The number of aromatic nitrogens is 4. The Morgan fingerprint density at radius 1 is 0.400 bits per heavy atom. The highest BCUT2D eigenvalue weighted by Crippen LogP contribution is 2.49. The minimum Gasteiger partial charge on any atom is -0.264 e. The van der Waals surface area contributed by atoms with Crippen LogP contribution in [-0.2, 0) is 5.41 Å². The number of benzene rings is 5. The zero-order valence-corrected chi connectivity index (χ0v) is 25.1. The van der Waals surface area contributed by atoms with E-state index in [-0.39, 0.29) is 5.41 Å². The van der Waals surface area contributed by atoms with E-state index in [1.165, 1.54) is 22.3 Å². The van der Waals surface area contributed by atoms with Gasteiger partial charge in [0.2, 0.25) is 0 Å². The number of pyridine rings is 1. The predicted molar refractivity (Wildman–Crippen MR) is 182 cm³/mol. The van der Waals surface area contributed by atoms with Crippen LogP contribution < -0.4 is 0 Å². The Morgan fingerprint density at radius 2 is 0.933 bits per heavy atom. The summed E-state index contributed by atoms with van der Waals surface area (Å²) in [5.74, 6) is 1.92. The van der Waals surface area contributed by atoms with Gasteiger partial charge in [-0.1, -0.05) is 117 Å². The fraction of sp³-hybridized carbons (Fsp3) is 0.0732. The molecule has 5 aromatic carbocycles. The second-order valence-corrected chi connectivity index (χ2v) is 12.0. The molecule has 0 fully saturated rings. The Labute approximate surface area is 263 Å². The van der Waals surface area contributed by atoms with Crippen molar-refractivity contribution in [3.63, 3.8) is 0 Å². The van der Waals surface area contributed by atoms with Crippen LogP contribution in [0.15, 0.2) is 146 Å². The van der Waals surface area contributed by atoms with Crippen LogP contribution in [-0.4, -0.2) is 19.9 Å². The molecule has 45 heavy (non-hydrogen) atoms. The first-order valence-corrected chi connectivity index (χ1v) is 15.2. The Balaban J connectivity index is 1.33. The second kappa shape index (κ2) is 10.8. The van der Waals surface area contributed by atoms with Crippen molar-refractivity contribution in [1.82, 2.24) is 19.9 Å². The lowest BCUT2D eigenvalue weighted by Crippen LogP contribution is -2.14. The Morgan fingerprint density at radius 3 is 1.58 bits per heavy atom. The molecule has 0 N–H and O–H groups in total. The van der Waals surface area contributed by atoms with E-state index < -0.39 is 0 Å². The van der Waals surface area contributed by atoms with E-state index in [0.717, 1.165) is 38.9 Å². The maximum atomic E-state index is 5.04. The van der Waals surface area contributed by atoms with E-state index in [1.807, 2.05) is 72.9 Å². The van der Waals surface area contributed by atoms with Crippen LogP contribution in [0.2, 0.25) is 0 Å². The van der Waals surface area contributed by atoms with Gasteiger partial charge in [-0.3, -0.25) is 4.98 Å². The lowest BCUT2D eigenvalue weighted by Gasteiger charge is -2.22. The molecule has 0 saturated carbocycles. The zero-order valence-electron chi connectivity index (χ0n) is 25.1. The van der Waals surface area contributed by atoms with Crippen LogP contribution >= 0.6 is 0 Å². The predicted octanol–water partition coefficient (Wildman–Crippen LogP) is 9.91. The molecule has 8 rings (SSSR count). The van der Waals surface area contributed by atoms with Gasteiger partial charge in [0.25, 0.3) is 0 Å². The summed E-state index contributed by atoms with van der Waals surface area (Å²) < 4.78 is 0. The van der Waals surface area contributed by atoms with E-state index in [9.17, 15) is 0 Å². The smallest absolute Gasteiger partial charge is 0.164 e. The average molecular weight is 579 g/mol. The van der Waals surface area contributed by atoms with Gasteiger partial charge in [0.05, 0.1) is 0 Å². The maximum Gasteiger partial charge on any atom is 0.164 e. The Hall–Kier alpha value is -5.74. The van der Waals surface area contributed by atoms with Crippen molar-refractivity contribution in [2.24, 2.45) is 0 Å². The van der Waals surface area contributed by atoms with Crippen molar-refractivity contribution >= 4 is 0 Å². The lowest BCUT2D eigenvalue weighted by atomic mass is 9.81. The minimum atomic E-state index is -0.0882. The lowest BCUT2D eigenvalue weighted by molar-refractivity contribution is 0.660. The first-order chi connectivity index (χ1) is 22.0. The Bertz CT molecular complexity index is 2110. The molecule has 0 amide bonds. The van der Waals surface area contributed by atoms with Gasteiger partial charge in [0.1, 0.15) is 0 Å². The number of hydrogen-bond donors (Lipinski definition) is 0. The normalized spacial score (nSPS) is 12.8. The molecular weight excluding hydrogens is 548 g/mol. The van der Waals surface area contributed by atoms with Crippen molar-refractivity contribution in [1.29, 1.82) is 0 Å². The van der Waals surface area contributed by atoms with Crippen molar-refractivity contribution in [2.45, 2.75) is 19.3 Å². The van der Waals surface area contributed by atoms with Gasteiger partial charge in [-0.25, -0.2) is 15.0 Å². The molecule has 0 atom stereocenters. The molecule has 4 nitrogen and oxygen atoms in total. The molecule has 7 aromatic rings. The van der Waals surface area contributed by atoms with Crippen LogP contribution in [0.25, 0.3) is 67.5 Å². The minimum absolute atomic E-state index is 0.0882. The molecule has 0 unspecified atom stereocenters. The largest absolute Gasteiger partial charge is 0.264 e. The number of nitrogens with zero attached hydrogens (tertiary/aromatic N) is 4. The molecule has 1 aliphatic rings. The number of fused-ring (bicyclic) bond motifs is 3. The molecule has 1 aliphatic carbocycles. The maximum absolute atomic E-state index is 5.04. The summed E-state index contributed by atoms with van der Waals surface area (Å²) >= 11 is 0. The number of hydrogen-bond acceptors (Lipinski definition) is 4. The summed E-state index contributed by atoms with van der Waals surface area (Å²) in [5, 5.41) is 0. The topological polar surface area (TPSA) is 51.6 Å². The third kappa shape index (κ3) is 4.81. The highest BCUT2D eigenvalue weighted by Gasteiger charge is 2.35. The van der Waals surface area contributed by atoms with E-state index >= 15 is 0 Å². The SMILES string of the molecule is CC1(C)c2ccccc2-c2ccc(-c3cc(-c4cccnc4)cc(-c4nc(-c5ccccc5)nc(-c5ccccc5)n4)c3)cc21. The second-order valence-electron chi connectivity index (χ2n) is 12.0. The van der Waals surface area contributed by atoms with Gasteiger partial charge in [-0.15, -0.1) is 0 Å². The highest BCUT2D eigenvalue weighted by molar-refractivity contribution is 5.86. The highest BCUT2D eigenvalue weighted by atomic mass is 15.0. The Kier molecular flexibility index (Phi) is 6.42. The van der Waals surface area contributed by atoms with Crippen LogP contribution in [0.3, 0.4) is 0 Å². The fourth-order valence-corrected chi connectivity index (χ4v) is 6.45. The molecule has 0 saturated heterocycles. The molecule has 4 heteroatoms. The first-order valence-electron chi connectivity index (χ1n) is 15.2. The van der Waals surface area contributed by atoms with Gasteiger partial charge < -0.3 is 0 Å². The average Bonchev–Trinajstić information content (AvgIpc) is 3.34. The van der Waals surface area contributed by atoms with Crippen LogP contribution in [0, 0.1) is 0 Å². The van der Waals surface area contributed by atoms with E-state index in [0.29, 0.717) is 17.5 Å². The standard InChI is InChI=1S/C41H30N4/c1-41(2)36-18-10-9-17-34(36)35-20-19-29(25-37(35)41)31-22-32(30-16-11-21-42-26-30)24-33(23-31)40-44-38(27-12-5-3-6-13-27)43-39(45-40)28-14-7-4-8-15-28/h3-26H,1-2H3. The van der Waals surface area contributed by atoms with Crippen molar-refractivity contribution in [3.05, 3.63) is 157 Å². The van der Waals surface area contributed by atoms with Crippen molar-refractivity contribution < 1.29 is 0 Å². The third-order valence-corrected chi connectivity index (χ3v) is 8.80.